The van der Waals surface area contributed by atoms with Gasteiger partial charge in [0.05, 0.1) is 17.4 Å². The standard InChI is InChI=1S/C17H24F2N2O3S/c1-17(18,19)15(14-6-4-3-5-7-14)10-20-16(22)21(2)11-13-8-9-25(23,24)12-13/h3-7,13,15H,8-12H2,1-2H3,(H,20,22). The van der Waals surface area contributed by atoms with E-state index in [4.69, 9.17) is 0 Å². The minimum Gasteiger partial charge on any atom is -0.337 e. The summed E-state index contributed by atoms with van der Waals surface area (Å²) in [5.41, 5.74) is 0.458. The highest BCUT2D eigenvalue weighted by atomic mass is 32.2. The zero-order valence-corrected chi connectivity index (χ0v) is 15.2. The van der Waals surface area contributed by atoms with E-state index in [9.17, 15) is 22.0 Å². The highest BCUT2D eigenvalue weighted by Crippen LogP contribution is 2.32. The highest BCUT2D eigenvalue weighted by Gasteiger charge is 2.36. The Morgan fingerprint density at radius 1 is 1.36 bits per heavy atom. The molecule has 0 aliphatic carbocycles. The molecule has 2 unspecified atom stereocenters. The summed E-state index contributed by atoms with van der Waals surface area (Å²) >= 11 is 0. The largest absolute Gasteiger partial charge is 0.337 e. The molecule has 1 aliphatic rings. The van der Waals surface area contributed by atoms with Crippen molar-refractivity contribution in [3.05, 3.63) is 35.9 Å². The van der Waals surface area contributed by atoms with Crippen molar-refractivity contribution >= 4 is 15.9 Å². The van der Waals surface area contributed by atoms with E-state index in [1.54, 1.807) is 37.4 Å². The molecule has 0 saturated carbocycles. The summed E-state index contributed by atoms with van der Waals surface area (Å²) in [7, 11) is -1.46. The molecule has 5 nitrogen and oxygen atoms in total. The molecule has 0 aromatic heterocycles. The van der Waals surface area contributed by atoms with Gasteiger partial charge in [-0.1, -0.05) is 30.3 Å². The number of rotatable bonds is 6. The van der Waals surface area contributed by atoms with Crippen LogP contribution in [-0.2, 0) is 9.84 Å². The van der Waals surface area contributed by atoms with Gasteiger partial charge in [0.25, 0.3) is 5.92 Å². The molecule has 2 atom stereocenters. The lowest BCUT2D eigenvalue weighted by molar-refractivity contribution is -0.00712. The molecule has 1 aromatic carbocycles. The summed E-state index contributed by atoms with van der Waals surface area (Å²) in [6.45, 7) is 0.938. The number of hydrogen-bond donors (Lipinski definition) is 1. The fourth-order valence-electron chi connectivity index (χ4n) is 3.09. The second kappa shape index (κ2) is 7.68. The van der Waals surface area contributed by atoms with Crippen LogP contribution in [0.25, 0.3) is 0 Å². The zero-order valence-electron chi connectivity index (χ0n) is 14.4. The minimum absolute atomic E-state index is 0.0737. The average molecular weight is 374 g/mol. The first-order valence-electron chi connectivity index (χ1n) is 8.20. The van der Waals surface area contributed by atoms with Crippen LogP contribution >= 0.6 is 0 Å². The lowest BCUT2D eigenvalue weighted by Crippen LogP contribution is -2.43. The van der Waals surface area contributed by atoms with Gasteiger partial charge in [-0.15, -0.1) is 0 Å². The van der Waals surface area contributed by atoms with Gasteiger partial charge in [0, 0.05) is 27.1 Å². The van der Waals surface area contributed by atoms with E-state index < -0.39 is 27.7 Å². The Hall–Kier alpha value is -1.70. The molecule has 25 heavy (non-hydrogen) atoms. The molecule has 2 rings (SSSR count). The van der Waals surface area contributed by atoms with Gasteiger partial charge in [0.2, 0.25) is 0 Å². The number of amides is 2. The molecule has 1 N–H and O–H groups in total. The minimum atomic E-state index is -3.01. The maximum Gasteiger partial charge on any atom is 0.317 e. The van der Waals surface area contributed by atoms with Crippen LogP contribution < -0.4 is 5.32 Å². The fraction of sp³-hybridized carbons (Fsp3) is 0.588. The van der Waals surface area contributed by atoms with Crippen LogP contribution in [0.2, 0.25) is 0 Å². The predicted octanol–water partition coefficient (Wildman–Crippen LogP) is 2.50. The number of carbonyl (C=O) groups is 1. The Labute approximate surface area is 147 Å². The number of sulfone groups is 1. The predicted molar refractivity (Wildman–Crippen MR) is 92.6 cm³/mol. The van der Waals surface area contributed by atoms with Crippen molar-refractivity contribution in [3.8, 4) is 0 Å². The van der Waals surface area contributed by atoms with Crippen LogP contribution in [0, 0.1) is 5.92 Å². The third-order valence-corrected chi connectivity index (χ3v) is 6.31. The normalized spacial score (nSPS) is 20.9. The van der Waals surface area contributed by atoms with Crippen molar-refractivity contribution in [2.75, 3.05) is 31.6 Å². The van der Waals surface area contributed by atoms with Crippen molar-refractivity contribution in [3.63, 3.8) is 0 Å². The Morgan fingerprint density at radius 3 is 2.52 bits per heavy atom. The van der Waals surface area contributed by atoms with Gasteiger partial charge < -0.3 is 10.2 Å². The summed E-state index contributed by atoms with van der Waals surface area (Å²) in [5.74, 6) is -3.99. The molecular formula is C17H24F2N2O3S. The van der Waals surface area contributed by atoms with E-state index in [1.807, 2.05) is 0 Å². The first kappa shape index (κ1) is 19.6. The SMILES string of the molecule is CN(CC1CCS(=O)(=O)C1)C(=O)NCC(c1ccccc1)C(C)(F)F. The van der Waals surface area contributed by atoms with Crippen LogP contribution in [0.5, 0.6) is 0 Å². The van der Waals surface area contributed by atoms with E-state index >= 15 is 0 Å². The Kier molecular flexibility index (Phi) is 6.03. The van der Waals surface area contributed by atoms with Crippen LogP contribution in [0.3, 0.4) is 0 Å². The quantitative estimate of drug-likeness (QED) is 0.832. The molecule has 0 radical (unpaired) electrons. The topological polar surface area (TPSA) is 66.5 Å². The van der Waals surface area contributed by atoms with Gasteiger partial charge >= 0.3 is 6.03 Å². The summed E-state index contributed by atoms with van der Waals surface area (Å²) in [5, 5.41) is 2.54. The van der Waals surface area contributed by atoms with Crippen LogP contribution in [0.1, 0.15) is 24.8 Å². The first-order valence-corrected chi connectivity index (χ1v) is 10.0. The molecular weight excluding hydrogens is 350 g/mol. The second-order valence-electron chi connectivity index (χ2n) is 6.76. The van der Waals surface area contributed by atoms with Crippen molar-refractivity contribution < 1.29 is 22.0 Å². The second-order valence-corrected chi connectivity index (χ2v) is 8.98. The van der Waals surface area contributed by atoms with Gasteiger partial charge in [-0.05, 0) is 17.9 Å². The van der Waals surface area contributed by atoms with Gasteiger partial charge in [0.15, 0.2) is 9.84 Å². The molecule has 1 heterocycles. The molecule has 2 amide bonds. The monoisotopic (exact) mass is 374 g/mol. The molecule has 1 aliphatic heterocycles. The maximum atomic E-state index is 13.9. The molecule has 140 valence electrons. The number of alkyl halides is 2. The third-order valence-electron chi connectivity index (χ3n) is 4.48. The molecule has 8 heteroatoms. The highest BCUT2D eigenvalue weighted by molar-refractivity contribution is 7.91. The number of hydrogen-bond acceptors (Lipinski definition) is 3. The number of urea groups is 1. The number of benzene rings is 1. The Bertz CT molecular complexity index is 690. The molecule has 1 aromatic rings. The third kappa shape index (κ3) is 5.66. The van der Waals surface area contributed by atoms with Crippen LogP contribution in [0.15, 0.2) is 30.3 Å². The van der Waals surface area contributed by atoms with E-state index in [-0.39, 0.29) is 24.0 Å². The van der Waals surface area contributed by atoms with E-state index in [0.717, 1.165) is 6.92 Å². The molecule has 0 spiro atoms. The molecule has 1 saturated heterocycles. The van der Waals surface area contributed by atoms with Crippen LogP contribution in [-0.4, -0.2) is 56.9 Å². The summed E-state index contributed by atoms with van der Waals surface area (Å²) in [4.78, 5) is 13.5. The fourth-order valence-corrected chi connectivity index (χ4v) is 4.94. The van der Waals surface area contributed by atoms with Crippen molar-refractivity contribution in [1.29, 1.82) is 0 Å². The number of nitrogens with one attached hydrogen (secondary N) is 1. The van der Waals surface area contributed by atoms with Gasteiger partial charge in [-0.25, -0.2) is 22.0 Å². The van der Waals surface area contributed by atoms with Gasteiger partial charge in [-0.2, -0.15) is 0 Å². The van der Waals surface area contributed by atoms with E-state index in [0.29, 0.717) is 18.5 Å². The summed E-state index contributed by atoms with van der Waals surface area (Å²) in [6, 6.07) is 7.86. The van der Waals surface area contributed by atoms with Gasteiger partial charge in [0.1, 0.15) is 0 Å². The number of carbonyl (C=O) groups excluding carboxylic acids is 1. The van der Waals surface area contributed by atoms with Gasteiger partial charge in [-0.3, -0.25) is 0 Å². The van der Waals surface area contributed by atoms with Crippen LogP contribution in [0.4, 0.5) is 13.6 Å². The van der Waals surface area contributed by atoms with Crippen molar-refractivity contribution in [2.45, 2.75) is 25.2 Å². The zero-order chi connectivity index (χ0) is 18.7. The lowest BCUT2D eigenvalue weighted by atomic mass is 9.93. The summed E-state index contributed by atoms with van der Waals surface area (Å²) < 4.78 is 50.8. The Balaban J connectivity index is 1.92. The maximum absolute atomic E-state index is 13.9. The van der Waals surface area contributed by atoms with Crippen molar-refractivity contribution in [1.82, 2.24) is 10.2 Å². The summed E-state index contributed by atoms with van der Waals surface area (Å²) in [6.07, 6.45) is 0.527. The van der Waals surface area contributed by atoms with Crippen molar-refractivity contribution in [2.24, 2.45) is 5.92 Å². The number of halogens is 2. The van der Waals surface area contributed by atoms with E-state index in [1.165, 1.54) is 4.90 Å². The Morgan fingerprint density at radius 2 is 2.00 bits per heavy atom. The number of nitrogens with zero attached hydrogens (tertiary/aromatic N) is 1. The molecule has 0 bridgehead atoms. The lowest BCUT2D eigenvalue weighted by Gasteiger charge is -2.26. The average Bonchev–Trinajstić information content (AvgIpc) is 2.85. The molecule has 1 fully saturated rings. The van der Waals surface area contributed by atoms with E-state index in [2.05, 4.69) is 5.32 Å². The smallest absolute Gasteiger partial charge is 0.317 e. The first-order chi connectivity index (χ1) is 11.6.